The molecule has 1 saturated heterocycles. The molecule has 0 aromatic heterocycles. The molecule has 18 heavy (non-hydrogen) atoms. The van der Waals surface area contributed by atoms with E-state index in [2.05, 4.69) is 23.6 Å². The Labute approximate surface area is 116 Å². The normalized spacial score (nSPS) is 25.3. The summed E-state index contributed by atoms with van der Waals surface area (Å²) in [6.45, 7) is 5.06. The molecule has 1 heterocycles. The van der Waals surface area contributed by atoms with E-state index in [1.807, 2.05) is 0 Å². The Kier molecular flexibility index (Phi) is 5.36. The summed E-state index contributed by atoms with van der Waals surface area (Å²) in [5, 5.41) is 0. The molecule has 2 fully saturated rings. The molecule has 0 spiro atoms. The van der Waals surface area contributed by atoms with Gasteiger partial charge in [-0.2, -0.15) is 11.8 Å². The number of thioether (sulfide) groups is 1. The van der Waals surface area contributed by atoms with Crippen molar-refractivity contribution < 1.29 is 4.74 Å². The molecule has 2 rings (SSSR count). The van der Waals surface area contributed by atoms with Crippen molar-refractivity contribution in [2.45, 2.75) is 44.2 Å². The van der Waals surface area contributed by atoms with Crippen molar-refractivity contribution in [1.29, 1.82) is 0 Å². The highest BCUT2D eigenvalue weighted by Gasteiger charge is 2.43. The van der Waals surface area contributed by atoms with Crippen LogP contribution in [0.15, 0.2) is 0 Å². The molecule has 1 atom stereocenters. The van der Waals surface area contributed by atoms with E-state index in [0.717, 1.165) is 25.6 Å². The van der Waals surface area contributed by atoms with Crippen LogP contribution >= 0.6 is 11.8 Å². The molecule has 2 N–H and O–H groups in total. The van der Waals surface area contributed by atoms with Gasteiger partial charge in [-0.3, -0.25) is 4.90 Å². The summed E-state index contributed by atoms with van der Waals surface area (Å²) in [4.78, 5) is 2.69. The SMILES string of the molecule is COCCN(C(C)C1CC1)C1(CN)CCSCC1. The summed E-state index contributed by atoms with van der Waals surface area (Å²) >= 11 is 2.08. The van der Waals surface area contributed by atoms with Crippen molar-refractivity contribution in [2.24, 2.45) is 11.7 Å². The number of nitrogens with two attached hydrogens (primary N) is 1. The topological polar surface area (TPSA) is 38.5 Å². The number of hydrogen-bond donors (Lipinski definition) is 1. The zero-order chi connectivity index (χ0) is 13.0. The van der Waals surface area contributed by atoms with Gasteiger partial charge in [0.25, 0.3) is 0 Å². The molecular weight excluding hydrogens is 244 g/mol. The van der Waals surface area contributed by atoms with Gasteiger partial charge in [0.2, 0.25) is 0 Å². The fourth-order valence-corrected chi connectivity index (χ4v) is 4.51. The molecule has 0 aromatic carbocycles. The zero-order valence-corrected chi connectivity index (χ0v) is 12.7. The van der Waals surface area contributed by atoms with Gasteiger partial charge >= 0.3 is 0 Å². The summed E-state index contributed by atoms with van der Waals surface area (Å²) < 4.78 is 5.32. The highest BCUT2D eigenvalue weighted by molar-refractivity contribution is 7.99. The summed E-state index contributed by atoms with van der Waals surface area (Å²) in [5.41, 5.74) is 6.42. The van der Waals surface area contributed by atoms with Gasteiger partial charge in [0, 0.05) is 31.8 Å². The highest BCUT2D eigenvalue weighted by atomic mass is 32.2. The van der Waals surface area contributed by atoms with E-state index in [1.54, 1.807) is 7.11 Å². The van der Waals surface area contributed by atoms with E-state index in [-0.39, 0.29) is 5.54 Å². The van der Waals surface area contributed by atoms with Crippen LogP contribution in [0, 0.1) is 5.92 Å². The zero-order valence-electron chi connectivity index (χ0n) is 11.9. The van der Waals surface area contributed by atoms with Crippen molar-refractivity contribution in [3.05, 3.63) is 0 Å². The van der Waals surface area contributed by atoms with E-state index < -0.39 is 0 Å². The minimum absolute atomic E-state index is 0.242. The maximum atomic E-state index is 6.18. The van der Waals surface area contributed by atoms with Gasteiger partial charge in [-0.25, -0.2) is 0 Å². The highest BCUT2D eigenvalue weighted by Crippen LogP contribution is 2.40. The lowest BCUT2D eigenvalue weighted by Crippen LogP contribution is -2.60. The summed E-state index contributed by atoms with van der Waals surface area (Å²) in [5.74, 6) is 3.43. The predicted octanol–water partition coefficient (Wildman–Crippen LogP) is 1.96. The lowest BCUT2D eigenvalue weighted by Gasteiger charge is -2.49. The number of hydrogen-bond acceptors (Lipinski definition) is 4. The predicted molar refractivity (Wildman–Crippen MR) is 79.1 cm³/mol. The second-order valence-electron chi connectivity index (χ2n) is 5.81. The first-order chi connectivity index (χ1) is 8.73. The molecule has 0 aromatic rings. The van der Waals surface area contributed by atoms with E-state index >= 15 is 0 Å². The van der Waals surface area contributed by atoms with Crippen LogP contribution in [0.25, 0.3) is 0 Å². The smallest absolute Gasteiger partial charge is 0.0590 e. The summed E-state index contributed by atoms with van der Waals surface area (Å²) in [6.07, 6.45) is 5.30. The minimum atomic E-state index is 0.242. The third-order valence-electron chi connectivity index (χ3n) is 4.74. The lowest BCUT2D eigenvalue weighted by atomic mass is 9.88. The number of methoxy groups -OCH3 is 1. The van der Waals surface area contributed by atoms with Crippen LogP contribution in [-0.4, -0.2) is 54.8 Å². The van der Waals surface area contributed by atoms with Crippen molar-refractivity contribution in [3.63, 3.8) is 0 Å². The standard InChI is InChI=1S/C14H28N2OS/c1-12(13-3-4-13)16(7-8-17-2)14(11-15)5-9-18-10-6-14/h12-13H,3-11,15H2,1-2H3. The van der Waals surface area contributed by atoms with Crippen molar-refractivity contribution in [2.75, 3.05) is 38.3 Å². The van der Waals surface area contributed by atoms with Crippen molar-refractivity contribution >= 4 is 11.8 Å². The first-order valence-corrected chi connectivity index (χ1v) is 8.42. The lowest BCUT2D eigenvalue weighted by molar-refractivity contribution is 0.0154. The second kappa shape index (κ2) is 6.60. The van der Waals surface area contributed by atoms with Gasteiger partial charge in [-0.1, -0.05) is 0 Å². The summed E-state index contributed by atoms with van der Waals surface area (Å²) in [6, 6.07) is 0.673. The van der Waals surface area contributed by atoms with Crippen molar-refractivity contribution in [1.82, 2.24) is 4.90 Å². The van der Waals surface area contributed by atoms with Crippen LogP contribution < -0.4 is 5.73 Å². The fraction of sp³-hybridized carbons (Fsp3) is 1.00. The van der Waals surface area contributed by atoms with E-state index in [9.17, 15) is 0 Å². The molecule has 0 bridgehead atoms. The van der Waals surface area contributed by atoms with E-state index in [0.29, 0.717) is 6.04 Å². The van der Waals surface area contributed by atoms with Crippen LogP contribution in [0.3, 0.4) is 0 Å². The van der Waals surface area contributed by atoms with Gasteiger partial charge in [-0.15, -0.1) is 0 Å². The van der Waals surface area contributed by atoms with Crippen LogP contribution in [0.5, 0.6) is 0 Å². The van der Waals surface area contributed by atoms with Gasteiger partial charge in [0.1, 0.15) is 0 Å². The van der Waals surface area contributed by atoms with Gasteiger partial charge in [0.15, 0.2) is 0 Å². The molecule has 1 unspecified atom stereocenters. The Morgan fingerprint density at radius 3 is 2.56 bits per heavy atom. The number of nitrogens with zero attached hydrogens (tertiary/aromatic N) is 1. The average molecular weight is 272 g/mol. The molecular formula is C14H28N2OS. The molecule has 1 aliphatic heterocycles. The molecule has 0 radical (unpaired) electrons. The fourth-order valence-electron chi connectivity index (χ4n) is 3.26. The van der Waals surface area contributed by atoms with Crippen LogP contribution in [0.2, 0.25) is 0 Å². The molecule has 1 saturated carbocycles. The quantitative estimate of drug-likeness (QED) is 0.769. The van der Waals surface area contributed by atoms with Crippen LogP contribution in [0.4, 0.5) is 0 Å². The maximum absolute atomic E-state index is 6.18. The van der Waals surface area contributed by atoms with Crippen molar-refractivity contribution in [3.8, 4) is 0 Å². The van der Waals surface area contributed by atoms with E-state index in [1.165, 1.54) is 37.2 Å². The molecule has 3 nitrogen and oxygen atoms in total. The monoisotopic (exact) mass is 272 g/mol. The Bertz CT molecular complexity index is 252. The van der Waals surface area contributed by atoms with E-state index in [4.69, 9.17) is 10.5 Å². The third kappa shape index (κ3) is 3.21. The second-order valence-corrected chi connectivity index (χ2v) is 7.03. The maximum Gasteiger partial charge on any atom is 0.0590 e. The van der Waals surface area contributed by atoms with Gasteiger partial charge in [-0.05, 0) is 50.0 Å². The number of rotatable bonds is 7. The van der Waals surface area contributed by atoms with Crippen LogP contribution in [0.1, 0.15) is 32.6 Å². The molecule has 2 aliphatic rings. The average Bonchev–Trinajstić information content (AvgIpc) is 3.24. The third-order valence-corrected chi connectivity index (χ3v) is 5.73. The Morgan fingerprint density at radius 2 is 2.06 bits per heavy atom. The minimum Gasteiger partial charge on any atom is -0.383 e. The Hall–Kier alpha value is 0.230. The molecule has 0 amide bonds. The number of ether oxygens (including phenoxy) is 1. The Balaban J connectivity index is 2.07. The van der Waals surface area contributed by atoms with Gasteiger partial charge in [0.05, 0.1) is 6.61 Å². The summed E-state index contributed by atoms with van der Waals surface area (Å²) in [7, 11) is 1.80. The van der Waals surface area contributed by atoms with Crippen LogP contribution in [-0.2, 0) is 4.74 Å². The Morgan fingerprint density at radius 1 is 1.39 bits per heavy atom. The largest absolute Gasteiger partial charge is 0.383 e. The first kappa shape index (κ1) is 14.6. The molecule has 1 aliphatic carbocycles. The van der Waals surface area contributed by atoms with Gasteiger partial charge < -0.3 is 10.5 Å². The molecule has 4 heteroatoms. The molecule has 106 valence electrons. The first-order valence-electron chi connectivity index (χ1n) is 7.27.